The summed E-state index contributed by atoms with van der Waals surface area (Å²) in [4.78, 5) is 4.40. The first-order valence-electron chi connectivity index (χ1n) is 6.76. The summed E-state index contributed by atoms with van der Waals surface area (Å²) >= 11 is 0. The third-order valence-electron chi connectivity index (χ3n) is 3.01. The zero-order valence-corrected chi connectivity index (χ0v) is 11.8. The molecule has 0 amide bonds. The van der Waals surface area contributed by atoms with E-state index >= 15 is 0 Å². The topological polar surface area (TPSA) is 77.5 Å². The maximum atomic E-state index is 5.69. The van der Waals surface area contributed by atoms with Crippen molar-refractivity contribution in [1.82, 2.24) is 14.6 Å². The molecule has 3 aromatic rings. The Morgan fingerprint density at radius 2 is 2.19 bits per heavy atom. The van der Waals surface area contributed by atoms with Crippen LogP contribution in [0.15, 0.2) is 42.6 Å². The van der Waals surface area contributed by atoms with Gasteiger partial charge in [-0.05, 0) is 36.8 Å². The summed E-state index contributed by atoms with van der Waals surface area (Å²) in [5.41, 5.74) is 8.37. The molecule has 0 atom stereocenters. The van der Waals surface area contributed by atoms with Crippen LogP contribution in [0.25, 0.3) is 5.65 Å². The molecule has 0 radical (unpaired) electrons. The molecule has 0 spiro atoms. The molecule has 0 bridgehead atoms. The van der Waals surface area contributed by atoms with Crippen LogP contribution in [0.3, 0.4) is 0 Å². The minimum atomic E-state index is 0.512. The van der Waals surface area contributed by atoms with Crippen LogP contribution in [0.2, 0.25) is 0 Å². The number of aryl methyl sites for hydroxylation is 1. The van der Waals surface area contributed by atoms with Crippen LogP contribution in [0, 0.1) is 6.92 Å². The molecule has 3 rings (SSSR count). The number of hydrogen-bond donors (Lipinski definition) is 2. The third-order valence-corrected chi connectivity index (χ3v) is 3.01. The van der Waals surface area contributed by atoms with Gasteiger partial charge in [0.25, 0.3) is 0 Å². The molecule has 6 nitrogen and oxygen atoms in total. The lowest BCUT2D eigenvalue weighted by atomic mass is 10.3. The Labute approximate surface area is 122 Å². The average Bonchev–Trinajstić information content (AvgIpc) is 2.85. The first-order chi connectivity index (χ1) is 10.2. The summed E-state index contributed by atoms with van der Waals surface area (Å²) in [6.07, 6.45) is 1.89. The van der Waals surface area contributed by atoms with Gasteiger partial charge in [0.2, 0.25) is 5.95 Å². The Hall–Kier alpha value is -2.76. The maximum Gasteiger partial charge on any atom is 0.243 e. The van der Waals surface area contributed by atoms with Gasteiger partial charge < -0.3 is 15.8 Å². The maximum absolute atomic E-state index is 5.69. The highest BCUT2D eigenvalue weighted by molar-refractivity contribution is 5.45. The number of nitrogens with zero attached hydrogens (tertiary/aromatic N) is 3. The number of aromatic nitrogens is 3. The van der Waals surface area contributed by atoms with E-state index in [1.165, 1.54) is 0 Å². The van der Waals surface area contributed by atoms with Crippen molar-refractivity contribution in [3.63, 3.8) is 0 Å². The third kappa shape index (κ3) is 3.22. The highest BCUT2D eigenvalue weighted by Crippen LogP contribution is 2.14. The second-order valence-electron chi connectivity index (χ2n) is 4.79. The van der Waals surface area contributed by atoms with Gasteiger partial charge in [-0.2, -0.15) is 4.98 Å². The van der Waals surface area contributed by atoms with E-state index in [0.717, 1.165) is 17.0 Å². The summed E-state index contributed by atoms with van der Waals surface area (Å²) in [5, 5.41) is 7.47. The Kier molecular flexibility index (Phi) is 3.59. The number of fused-ring (bicyclic) bond motifs is 1. The Morgan fingerprint density at radius 3 is 3.05 bits per heavy atom. The van der Waals surface area contributed by atoms with Gasteiger partial charge in [0.05, 0.1) is 6.54 Å². The fourth-order valence-corrected chi connectivity index (χ4v) is 1.99. The highest BCUT2D eigenvalue weighted by atomic mass is 16.5. The highest BCUT2D eigenvalue weighted by Gasteiger charge is 2.02. The summed E-state index contributed by atoms with van der Waals surface area (Å²) in [5.74, 6) is 1.35. The number of nitrogens with one attached hydrogen (secondary N) is 1. The van der Waals surface area contributed by atoms with Gasteiger partial charge in [-0.15, -0.1) is 5.10 Å². The van der Waals surface area contributed by atoms with Crippen molar-refractivity contribution in [3.8, 4) is 5.75 Å². The molecule has 2 aromatic heterocycles. The van der Waals surface area contributed by atoms with E-state index in [0.29, 0.717) is 24.8 Å². The molecule has 0 unspecified atom stereocenters. The van der Waals surface area contributed by atoms with Crippen LogP contribution in [0.5, 0.6) is 5.75 Å². The van der Waals surface area contributed by atoms with Crippen LogP contribution >= 0.6 is 0 Å². The molecule has 6 heteroatoms. The fourth-order valence-electron chi connectivity index (χ4n) is 1.99. The van der Waals surface area contributed by atoms with Crippen LogP contribution in [-0.2, 0) is 0 Å². The number of rotatable bonds is 5. The summed E-state index contributed by atoms with van der Waals surface area (Å²) in [6.45, 7) is 3.16. The van der Waals surface area contributed by atoms with Gasteiger partial charge in [0.15, 0.2) is 5.65 Å². The Morgan fingerprint density at radius 1 is 1.29 bits per heavy atom. The van der Waals surface area contributed by atoms with E-state index in [1.807, 2.05) is 43.5 Å². The molecule has 0 saturated carbocycles. The van der Waals surface area contributed by atoms with Crippen LogP contribution in [0.1, 0.15) is 5.56 Å². The van der Waals surface area contributed by atoms with Crippen molar-refractivity contribution in [3.05, 3.63) is 48.2 Å². The minimum absolute atomic E-state index is 0.512. The number of benzene rings is 1. The first-order valence-corrected chi connectivity index (χ1v) is 6.76. The van der Waals surface area contributed by atoms with E-state index in [-0.39, 0.29) is 0 Å². The van der Waals surface area contributed by atoms with Gasteiger partial charge in [-0.25, -0.2) is 4.52 Å². The first kappa shape index (κ1) is 13.2. The Balaban J connectivity index is 1.54. The van der Waals surface area contributed by atoms with E-state index in [2.05, 4.69) is 15.4 Å². The van der Waals surface area contributed by atoms with Crippen molar-refractivity contribution >= 4 is 17.3 Å². The average molecular weight is 283 g/mol. The van der Waals surface area contributed by atoms with Crippen molar-refractivity contribution in [2.24, 2.45) is 0 Å². The molecule has 3 N–H and O–H groups in total. The molecule has 108 valence electrons. The minimum Gasteiger partial charge on any atom is -0.492 e. The van der Waals surface area contributed by atoms with Crippen LogP contribution < -0.4 is 15.8 Å². The standard InChI is InChI=1S/C15H17N5O/c1-11-5-7-20-14(9-11)18-15(19-20)17-6-8-21-13-4-2-3-12(16)10-13/h2-5,7,9-10H,6,8,16H2,1H3,(H,17,19). The molecule has 2 heterocycles. The van der Waals surface area contributed by atoms with E-state index in [9.17, 15) is 0 Å². The summed E-state index contributed by atoms with van der Waals surface area (Å²) < 4.78 is 7.34. The van der Waals surface area contributed by atoms with Crippen molar-refractivity contribution in [1.29, 1.82) is 0 Å². The summed E-state index contributed by atoms with van der Waals surface area (Å²) in [6, 6.07) is 11.3. The van der Waals surface area contributed by atoms with Crippen molar-refractivity contribution in [2.45, 2.75) is 6.92 Å². The Bertz CT molecular complexity index is 753. The van der Waals surface area contributed by atoms with Gasteiger partial charge in [0, 0.05) is 18.0 Å². The molecule has 0 aliphatic heterocycles. The number of pyridine rings is 1. The lowest BCUT2D eigenvalue weighted by Gasteiger charge is -2.06. The van der Waals surface area contributed by atoms with Crippen molar-refractivity contribution in [2.75, 3.05) is 24.2 Å². The normalized spacial score (nSPS) is 10.7. The molecule has 0 aliphatic rings. The quantitative estimate of drug-likeness (QED) is 0.554. The smallest absolute Gasteiger partial charge is 0.243 e. The molecule has 1 aromatic carbocycles. The number of anilines is 2. The number of nitrogens with two attached hydrogens (primary N) is 1. The number of ether oxygens (including phenoxy) is 1. The van der Waals surface area contributed by atoms with E-state index in [1.54, 1.807) is 10.6 Å². The fraction of sp³-hybridized carbons (Fsp3) is 0.200. The molecule has 0 saturated heterocycles. The van der Waals surface area contributed by atoms with Crippen LogP contribution in [-0.4, -0.2) is 27.7 Å². The summed E-state index contributed by atoms with van der Waals surface area (Å²) in [7, 11) is 0. The molecule has 21 heavy (non-hydrogen) atoms. The largest absolute Gasteiger partial charge is 0.492 e. The molecule has 0 aliphatic carbocycles. The van der Waals surface area contributed by atoms with Gasteiger partial charge in [-0.3, -0.25) is 0 Å². The molecular formula is C15H17N5O. The zero-order chi connectivity index (χ0) is 14.7. The lowest BCUT2D eigenvalue weighted by molar-refractivity contribution is 0.333. The van der Waals surface area contributed by atoms with E-state index < -0.39 is 0 Å². The predicted molar refractivity (Wildman–Crippen MR) is 82.6 cm³/mol. The number of hydrogen-bond acceptors (Lipinski definition) is 5. The molecule has 0 fully saturated rings. The number of nitrogen functional groups attached to an aromatic ring is 1. The second kappa shape index (κ2) is 5.70. The van der Waals surface area contributed by atoms with E-state index in [4.69, 9.17) is 10.5 Å². The van der Waals surface area contributed by atoms with Crippen LogP contribution in [0.4, 0.5) is 11.6 Å². The predicted octanol–water partition coefficient (Wildman–Crippen LogP) is 2.11. The SMILES string of the molecule is Cc1ccn2nc(NCCOc3cccc(N)c3)nc2c1. The lowest BCUT2D eigenvalue weighted by Crippen LogP contribution is -2.12. The van der Waals surface area contributed by atoms with Gasteiger partial charge in [0.1, 0.15) is 12.4 Å². The van der Waals surface area contributed by atoms with Gasteiger partial charge >= 0.3 is 0 Å². The van der Waals surface area contributed by atoms with Gasteiger partial charge in [-0.1, -0.05) is 6.07 Å². The molecular weight excluding hydrogens is 266 g/mol. The zero-order valence-electron chi connectivity index (χ0n) is 11.8. The van der Waals surface area contributed by atoms with Crippen molar-refractivity contribution < 1.29 is 4.74 Å². The monoisotopic (exact) mass is 283 g/mol. The second-order valence-corrected chi connectivity index (χ2v) is 4.79.